The standard InChI is InChI=1S/C23H24Cl2N2O7S/c1-33-22(29)15-9-16(23(30)34-2)11-17(10-15)26-21(28)14-5-4-8-27(12-14)35(31,32)13-18-19(24)6-3-7-20(18)25/h3,6-7,9-11,14H,4-5,8,12-13H2,1-2H3,(H,26,28)/t14-/m1/s1. The van der Waals surface area contributed by atoms with Gasteiger partial charge in [-0.1, -0.05) is 29.3 Å². The summed E-state index contributed by atoms with van der Waals surface area (Å²) in [6.07, 6.45) is 0.939. The fraction of sp³-hybridized carbons (Fsp3) is 0.348. The zero-order valence-electron chi connectivity index (χ0n) is 19.0. The van der Waals surface area contributed by atoms with Gasteiger partial charge in [-0.05, 0) is 43.2 Å². The lowest BCUT2D eigenvalue weighted by molar-refractivity contribution is -0.120. The van der Waals surface area contributed by atoms with Crippen molar-refractivity contribution >= 4 is 56.8 Å². The second-order valence-electron chi connectivity index (χ2n) is 7.93. The summed E-state index contributed by atoms with van der Waals surface area (Å²) in [6, 6.07) is 8.79. The topological polar surface area (TPSA) is 119 Å². The smallest absolute Gasteiger partial charge is 0.337 e. The number of piperidine rings is 1. The van der Waals surface area contributed by atoms with Gasteiger partial charge in [0.05, 0.1) is 37.0 Å². The highest BCUT2D eigenvalue weighted by molar-refractivity contribution is 7.88. The number of rotatable bonds is 7. The maximum Gasteiger partial charge on any atom is 0.337 e. The molecule has 1 atom stereocenters. The van der Waals surface area contributed by atoms with Crippen LogP contribution in [-0.4, -0.2) is 57.9 Å². The summed E-state index contributed by atoms with van der Waals surface area (Å²) in [5.74, 6) is -2.87. The highest BCUT2D eigenvalue weighted by Gasteiger charge is 2.33. The molecular formula is C23H24Cl2N2O7S. The van der Waals surface area contributed by atoms with Crippen molar-refractivity contribution in [1.82, 2.24) is 4.31 Å². The summed E-state index contributed by atoms with van der Waals surface area (Å²) in [5, 5.41) is 3.17. The number of nitrogens with zero attached hydrogens (tertiary/aromatic N) is 1. The van der Waals surface area contributed by atoms with E-state index in [2.05, 4.69) is 5.32 Å². The summed E-state index contributed by atoms with van der Waals surface area (Å²) in [6.45, 7) is 0.231. The number of sulfonamides is 1. The summed E-state index contributed by atoms with van der Waals surface area (Å²) >= 11 is 12.3. The van der Waals surface area contributed by atoms with Crippen LogP contribution in [-0.2, 0) is 30.0 Å². The molecule has 1 amide bonds. The maximum absolute atomic E-state index is 13.1. The number of halogens is 2. The minimum atomic E-state index is -3.80. The number of hydrogen-bond donors (Lipinski definition) is 1. The quantitative estimate of drug-likeness (QED) is 0.529. The van der Waals surface area contributed by atoms with Gasteiger partial charge in [-0.25, -0.2) is 22.3 Å². The molecule has 0 bridgehead atoms. The van der Waals surface area contributed by atoms with E-state index in [-0.39, 0.29) is 45.7 Å². The third kappa shape index (κ3) is 6.52. The van der Waals surface area contributed by atoms with Gasteiger partial charge in [0.2, 0.25) is 15.9 Å². The summed E-state index contributed by atoms with van der Waals surface area (Å²) in [5.41, 5.74) is 0.587. The Kier molecular flexibility index (Phi) is 8.76. The second kappa shape index (κ2) is 11.4. The SMILES string of the molecule is COC(=O)c1cc(NC(=O)[C@@H]2CCCN(S(=O)(=O)Cc3c(Cl)cccc3Cl)C2)cc(C(=O)OC)c1. The molecule has 2 aromatic rings. The predicted molar refractivity (Wildman–Crippen MR) is 131 cm³/mol. The molecule has 1 fully saturated rings. The van der Waals surface area contributed by atoms with Crippen molar-refractivity contribution in [3.63, 3.8) is 0 Å². The number of benzene rings is 2. The molecule has 9 nitrogen and oxygen atoms in total. The third-order valence-corrected chi connectivity index (χ3v) is 8.06. The van der Waals surface area contributed by atoms with Crippen LogP contribution < -0.4 is 5.32 Å². The first kappa shape index (κ1) is 26.9. The molecule has 12 heteroatoms. The van der Waals surface area contributed by atoms with E-state index in [0.717, 1.165) is 0 Å². The van der Waals surface area contributed by atoms with Crippen molar-refractivity contribution in [2.24, 2.45) is 5.92 Å². The molecular weight excluding hydrogens is 519 g/mol. The van der Waals surface area contributed by atoms with Crippen LogP contribution in [0.4, 0.5) is 5.69 Å². The van der Waals surface area contributed by atoms with Gasteiger partial charge in [-0.3, -0.25) is 4.79 Å². The number of amides is 1. The Morgan fingerprint density at radius 2 is 1.60 bits per heavy atom. The molecule has 0 saturated carbocycles. The summed E-state index contributed by atoms with van der Waals surface area (Å²) in [7, 11) is -1.42. The number of ether oxygens (including phenoxy) is 2. The van der Waals surface area contributed by atoms with Gasteiger partial charge in [-0.15, -0.1) is 0 Å². The first-order chi connectivity index (χ1) is 16.6. The van der Waals surface area contributed by atoms with Crippen molar-refractivity contribution in [3.05, 3.63) is 63.1 Å². The molecule has 0 radical (unpaired) electrons. The number of carbonyl (C=O) groups is 3. The number of esters is 2. The normalized spacial score (nSPS) is 16.4. The molecule has 2 aromatic carbocycles. The Labute approximate surface area is 213 Å². The fourth-order valence-corrected chi connectivity index (χ4v) is 6.13. The van der Waals surface area contributed by atoms with Crippen molar-refractivity contribution in [2.75, 3.05) is 32.6 Å². The molecule has 35 heavy (non-hydrogen) atoms. The summed E-state index contributed by atoms with van der Waals surface area (Å²) in [4.78, 5) is 37.0. The zero-order chi connectivity index (χ0) is 25.8. The number of methoxy groups -OCH3 is 2. The van der Waals surface area contributed by atoms with Gasteiger partial charge >= 0.3 is 11.9 Å². The van der Waals surface area contributed by atoms with E-state index in [1.807, 2.05) is 0 Å². The average Bonchev–Trinajstić information content (AvgIpc) is 2.85. The third-order valence-electron chi connectivity index (χ3n) is 5.58. The molecule has 0 aromatic heterocycles. The minimum Gasteiger partial charge on any atom is -0.465 e. The van der Waals surface area contributed by atoms with Crippen molar-refractivity contribution in [1.29, 1.82) is 0 Å². The molecule has 1 heterocycles. The van der Waals surface area contributed by atoms with Crippen molar-refractivity contribution in [3.8, 4) is 0 Å². The van der Waals surface area contributed by atoms with Crippen LogP contribution in [0.5, 0.6) is 0 Å². The Balaban J connectivity index is 1.77. The highest BCUT2D eigenvalue weighted by atomic mass is 35.5. The minimum absolute atomic E-state index is 0.0310. The van der Waals surface area contributed by atoms with Gasteiger partial charge < -0.3 is 14.8 Å². The molecule has 1 aliphatic heterocycles. The van der Waals surface area contributed by atoms with Crippen LogP contribution in [0, 0.1) is 5.92 Å². The van der Waals surface area contributed by atoms with Gasteiger partial charge in [0, 0.05) is 34.4 Å². The molecule has 0 aliphatic carbocycles. The monoisotopic (exact) mass is 542 g/mol. The van der Waals surface area contributed by atoms with Crippen molar-refractivity contribution < 1.29 is 32.3 Å². The highest BCUT2D eigenvalue weighted by Crippen LogP contribution is 2.29. The van der Waals surface area contributed by atoms with E-state index in [9.17, 15) is 22.8 Å². The van der Waals surface area contributed by atoms with E-state index in [0.29, 0.717) is 18.4 Å². The average molecular weight is 543 g/mol. The molecule has 1 N–H and O–H groups in total. The lowest BCUT2D eigenvalue weighted by Crippen LogP contribution is -2.44. The van der Waals surface area contributed by atoms with Crippen LogP contribution in [0.2, 0.25) is 10.0 Å². The van der Waals surface area contributed by atoms with Crippen LogP contribution in [0.1, 0.15) is 39.1 Å². The van der Waals surface area contributed by atoms with E-state index in [1.54, 1.807) is 18.2 Å². The molecule has 0 spiro atoms. The van der Waals surface area contributed by atoms with E-state index < -0.39 is 33.8 Å². The van der Waals surface area contributed by atoms with Crippen LogP contribution in [0.15, 0.2) is 36.4 Å². The largest absolute Gasteiger partial charge is 0.465 e. The Morgan fingerprint density at radius 3 is 2.14 bits per heavy atom. The Morgan fingerprint density at radius 1 is 1.03 bits per heavy atom. The van der Waals surface area contributed by atoms with E-state index >= 15 is 0 Å². The van der Waals surface area contributed by atoms with Crippen molar-refractivity contribution in [2.45, 2.75) is 18.6 Å². The molecule has 188 valence electrons. The van der Waals surface area contributed by atoms with Gasteiger partial charge in [-0.2, -0.15) is 0 Å². The summed E-state index contributed by atoms with van der Waals surface area (Å²) < 4.78 is 36.8. The first-order valence-electron chi connectivity index (χ1n) is 10.6. The lowest BCUT2D eigenvalue weighted by Gasteiger charge is -2.31. The van der Waals surface area contributed by atoms with Gasteiger partial charge in [0.15, 0.2) is 0 Å². The van der Waals surface area contributed by atoms with E-state index in [4.69, 9.17) is 32.7 Å². The molecule has 1 saturated heterocycles. The van der Waals surface area contributed by atoms with Crippen LogP contribution in [0.3, 0.4) is 0 Å². The maximum atomic E-state index is 13.1. The van der Waals surface area contributed by atoms with Gasteiger partial charge in [0.25, 0.3) is 0 Å². The van der Waals surface area contributed by atoms with Gasteiger partial charge in [0.1, 0.15) is 0 Å². The van der Waals surface area contributed by atoms with Crippen LogP contribution >= 0.6 is 23.2 Å². The fourth-order valence-electron chi connectivity index (χ4n) is 3.77. The predicted octanol–water partition coefficient (Wildman–Crippen LogP) is 3.75. The molecule has 0 unspecified atom stereocenters. The first-order valence-corrected chi connectivity index (χ1v) is 13.0. The number of anilines is 1. The zero-order valence-corrected chi connectivity index (χ0v) is 21.4. The second-order valence-corrected chi connectivity index (χ2v) is 10.7. The molecule has 3 rings (SSSR count). The number of carbonyl (C=O) groups excluding carboxylic acids is 3. The van der Waals surface area contributed by atoms with E-state index in [1.165, 1.54) is 36.7 Å². The number of nitrogens with one attached hydrogen (secondary N) is 1. The lowest BCUT2D eigenvalue weighted by atomic mass is 9.98. The Bertz CT molecular complexity index is 1200. The molecule has 1 aliphatic rings. The van der Waals surface area contributed by atoms with Crippen LogP contribution in [0.25, 0.3) is 0 Å². The number of hydrogen-bond acceptors (Lipinski definition) is 7. The Hall–Kier alpha value is -2.66.